The minimum Gasteiger partial charge on any atom is -0.478 e. The maximum atomic E-state index is 10.9. The van der Waals surface area contributed by atoms with Crippen LogP contribution in [0.4, 0.5) is 5.69 Å². The predicted octanol–water partition coefficient (Wildman–Crippen LogP) is 3.31. The van der Waals surface area contributed by atoms with Crippen molar-refractivity contribution in [3.8, 4) is 11.5 Å². The van der Waals surface area contributed by atoms with Crippen LogP contribution in [0.2, 0.25) is 0 Å². The quantitative estimate of drug-likeness (QED) is 0.719. The topological polar surface area (TPSA) is 85.4 Å². The van der Waals surface area contributed by atoms with E-state index in [0.29, 0.717) is 11.5 Å². The minimum absolute atomic E-state index is 0.124. The number of hydrogen-bond donors (Lipinski definition) is 2. The van der Waals surface area contributed by atoms with Gasteiger partial charge in [0.1, 0.15) is 11.5 Å². The monoisotopic (exact) mass is 280 g/mol. The van der Waals surface area contributed by atoms with Crippen molar-refractivity contribution in [3.05, 3.63) is 60.3 Å². The zero-order valence-electron chi connectivity index (χ0n) is 11.0. The van der Waals surface area contributed by atoms with Gasteiger partial charge < -0.3 is 15.6 Å². The molecule has 0 atom stereocenters. The minimum atomic E-state index is -1.03. The Bertz CT molecular complexity index is 825. The van der Waals surface area contributed by atoms with Gasteiger partial charge in [-0.2, -0.15) is 0 Å². The molecule has 0 radical (unpaired) electrons. The van der Waals surface area contributed by atoms with Crippen molar-refractivity contribution >= 4 is 22.6 Å². The fraction of sp³-hybridized carbons (Fsp3) is 0. The van der Waals surface area contributed by atoms with Crippen LogP contribution in [0.25, 0.3) is 10.9 Å². The summed E-state index contributed by atoms with van der Waals surface area (Å²) in [4.78, 5) is 15.1. The molecule has 0 amide bonds. The van der Waals surface area contributed by atoms with Crippen LogP contribution in [0.1, 0.15) is 10.4 Å². The molecule has 0 bridgehead atoms. The highest BCUT2D eigenvalue weighted by molar-refractivity contribution is 5.89. The van der Waals surface area contributed by atoms with Crippen molar-refractivity contribution in [3.63, 3.8) is 0 Å². The van der Waals surface area contributed by atoms with E-state index in [1.807, 2.05) is 30.3 Å². The van der Waals surface area contributed by atoms with Crippen molar-refractivity contribution in [2.75, 3.05) is 5.73 Å². The lowest BCUT2D eigenvalue weighted by Crippen LogP contribution is -1.99. The van der Waals surface area contributed by atoms with Crippen LogP contribution in [-0.2, 0) is 0 Å². The number of nitrogens with zero attached hydrogens (tertiary/aromatic N) is 1. The van der Waals surface area contributed by atoms with E-state index >= 15 is 0 Å². The Morgan fingerprint density at radius 1 is 1.10 bits per heavy atom. The van der Waals surface area contributed by atoms with E-state index < -0.39 is 5.97 Å². The number of carboxylic acids is 1. The van der Waals surface area contributed by atoms with E-state index in [0.717, 1.165) is 10.9 Å². The number of aromatic carboxylic acids is 1. The average Bonchev–Trinajstić information content (AvgIpc) is 2.49. The second kappa shape index (κ2) is 5.13. The molecule has 5 nitrogen and oxygen atoms in total. The maximum absolute atomic E-state index is 10.9. The van der Waals surface area contributed by atoms with Gasteiger partial charge in [0.05, 0.1) is 16.8 Å². The Morgan fingerprint density at radius 3 is 2.71 bits per heavy atom. The summed E-state index contributed by atoms with van der Waals surface area (Å²) in [6.07, 6.45) is 1.71. The molecule has 0 unspecified atom stereocenters. The zero-order valence-corrected chi connectivity index (χ0v) is 11.0. The van der Waals surface area contributed by atoms with Gasteiger partial charge in [0.15, 0.2) is 0 Å². The second-order valence-corrected chi connectivity index (χ2v) is 4.49. The van der Waals surface area contributed by atoms with E-state index in [2.05, 4.69) is 4.98 Å². The fourth-order valence-corrected chi connectivity index (χ4v) is 2.06. The van der Waals surface area contributed by atoms with Gasteiger partial charge in [-0.25, -0.2) is 4.79 Å². The molecule has 3 aromatic rings. The van der Waals surface area contributed by atoms with E-state index in [4.69, 9.17) is 15.6 Å². The summed E-state index contributed by atoms with van der Waals surface area (Å²) >= 11 is 0. The van der Waals surface area contributed by atoms with Crippen LogP contribution < -0.4 is 10.5 Å². The molecule has 0 fully saturated rings. The molecule has 5 heteroatoms. The zero-order chi connectivity index (χ0) is 14.8. The molecule has 0 aliphatic rings. The first-order valence-electron chi connectivity index (χ1n) is 6.29. The summed E-state index contributed by atoms with van der Waals surface area (Å²) in [6.45, 7) is 0. The Hall–Kier alpha value is -3.08. The summed E-state index contributed by atoms with van der Waals surface area (Å²) < 4.78 is 5.80. The van der Waals surface area contributed by atoms with Gasteiger partial charge in [-0.1, -0.05) is 6.07 Å². The standard InChI is InChI=1S/C16H12N2O3/c17-12-9-10(16(19)20)6-7-15(12)21-14-5-1-4-13-11(14)3-2-8-18-13/h1-9H,17H2,(H,19,20). The highest BCUT2D eigenvalue weighted by atomic mass is 16.5. The molecule has 21 heavy (non-hydrogen) atoms. The van der Waals surface area contributed by atoms with Gasteiger partial charge >= 0.3 is 5.97 Å². The molecule has 0 spiro atoms. The Morgan fingerprint density at radius 2 is 1.95 bits per heavy atom. The number of nitrogens with two attached hydrogens (primary N) is 1. The molecule has 0 saturated heterocycles. The summed E-state index contributed by atoms with van der Waals surface area (Å²) in [6, 6.07) is 13.7. The summed E-state index contributed by atoms with van der Waals surface area (Å²) in [7, 11) is 0. The predicted molar refractivity (Wildman–Crippen MR) is 79.6 cm³/mol. The molecule has 2 aromatic carbocycles. The van der Waals surface area contributed by atoms with Gasteiger partial charge in [0.25, 0.3) is 0 Å². The molecule has 0 saturated carbocycles. The van der Waals surface area contributed by atoms with E-state index in [-0.39, 0.29) is 11.3 Å². The first-order chi connectivity index (χ1) is 10.1. The summed E-state index contributed by atoms with van der Waals surface area (Å²) in [5.41, 5.74) is 7.06. The third-order valence-electron chi connectivity index (χ3n) is 3.08. The third kappa shape index (κ3) is 2.49. The normalized spacial score (nSPS) is 10.5. The highest BCUT2D eigenvalue weighted by Gasteiger charge is 2.09. The summed E-state index contributed by atoms with van der Waals surface area (Å²) in [5, 5.41) is 9.79. The van der Waals surface area contributed by atoms with Crippen molar-refractivity contribution in [2.24, 2.45) is 0 Å². The second-order valence-electron chi connectivity index (χ2n) is 4.49. The largest absolute Gasteiger partial charge is 0.478 e. The number of benzene rings is 2. The van der Waals surface area contributed by atoms with Crippen molar-refractivity contribution in [2.45, 2.75) is 0 Å². The van der Waals surface area contributed by atoms with Crippen LogP contribution in [0.15, 0.2) is 54.7 Å². The first kappa shape index (κ1) is 12.9. The number of aromatic nitrogens is 1. The molecule has 0 aliphatic heterocycles. The Kier molecular flexibility index (Phi) is 3.16. The number of nitrogen functional groups attached to an aromatic ring is 1. The molecule has 3 rings (SSSR count). The smallest absolute Gasteiger partial charge is 0.335 e. The molecule has 104 valence electrons. The molecular weight excluding hydrogens is 268 g/mol. The maximum Gasteiger partial charge on any atom is 0.335 e. The number of pyridine rings is 1. The Balaban J connectivity index is 2.01. The van der Waals surface area contributed by atoms with Crippen molar-refractivity contribution in [1.29, 1.82) is 0 Å². The van der Waals surface area contributed by atoms with E-state index in [1.165, 1.54) is 12.1 Å². The first-order valence-corrected chi connectivity index (χ1v) is 6.29. The molecule has 1 aromatic heterocycles. The van der Waals surface area contributed by atoms with E-state index in [9.17, 15) is 4.79 Å². The number of hydrogen-bond acceptors (Lipinski definition) is 4. The van der Waals surface area contributed by atoms with E-state index in [1.54, 1.807) is 12.3 Å². The van der Waals surface area contributed by atoms with Crippen LogP contribution in [0.3, 0.4) is 0 Å². The number of carboxylic acid groups (broad SMARTS) is 1. The SMILES string of the molecule is Nc1cc(C(=O)O)ccc1Oc1cccc2ncccc12. The summed E-state index contributed by atoms with van der Waals surface area (Å²) in [5.74, 6) is 0.00865. The molecule has 3 N–H and O–H groups in total. The average molecular weight is 280 g/mol. The Labute approximate surface area is 120 Å². The molecular formula is C16H12N2O3. The van der Waals surface area contributed by atoms with Gasteiger partial charge in [0, 0.05) is 11.6 Å². The lowest BCUT2D eigenvalue weighted by atomic mass is 10.2. The lowest BCUT2D eigenvalue weighted by Gasteiger charge is -2.11. The van der Waals surface area contributed by atoms with Crippen LogP contribution >= 0.6 is 0 Å². The number of rotatable bonds is 3. The number of ether oxygens (including phenoxy) is 1. The highest BCUT2D eigenvalue weighted by Crippen LogP contribution is 2.32. The third-order valence-corrected chi connectivity index (χ3v) is 3.08. The van der Waals surface area contributed by atoms with Gasteiger partial charge in [-0.3, -0.25) is 4.98 Å². The van der Waals surface area contributed by atoms with Crippen molar-refractivity contribution < 1.29 is 14.6 Å². The van der Waals surface area contributed by atoms with Crippen LogP contribution in [0, 0.1) is 0 Å². The van der Waals surface area contributed by atoms with Crippen LogP contribution in [-0.4, -0.2) is 16.1 Å². The van der Waals surface area contributed by atoms with Gasteiger partial charge in [0.2, 0.25) is 0 Å². The van der Waals surface area contributed by atoms with Gasteiger partial charge in [-0.15, -0.1) is 0 Å². The molecule has 1 heterocycles. The molecule has 0 aliphatic carbocycles. The number of anilines is 1. The fourth-order valence-electron chi connectivity index (χ4n) is 2.06. The number of carbonyl (C=O) groups is 1. The van der Waals surface area contributed by atoms with Crippen molar-refractivity contribution in [1.82, 2.24) is 4.98 Å². The number of fused-ring (bicyclic) bond motifs is 1. The van der Waals surface area contributed by atoms with Gasteiger partial charge in [-0.05, 0) is 42.5 Å². The van der Waals surface area contributed by atoms with Crippen LogP contribution in [0.5, 0.6) is 11.5 Å². The lowest BCUT2D eigenvalue weighted by molar-refractivity contribution is 0.0697.